The number of hydrogen-bond donors (Lipinski definition) is 1. The molecule has 0 saturated heterocycles. The molecule has 0 amide bonds. The van der Waals surface area contributed by atoms with E-state index in [9.17, 15) is 0 Å². The van der Waals surface area contributed by atoms with E-state index in [-0.39, 0.29) is 6.04 Å². The minimum atomic E-state index is -0.277. The normalized spacial score (nSPS) is 15.5. The molecule has 0 bridgehead atoms. The molecule has 2 N–H and O–H groups in total. The monoisotopic (exact) mass is 289 g/mol. The molecule has 0 fully saturated rings. The quantitative estimate of drug-likeness (QED) is 0.919. The predicted octanol–water partition coefficient (Wildman–Crippen LogP) is 3.55. The maximum atomic E-state index is 6.31. The first kappa shape index (κ1) is 13.3. The van der Waals surface area contributed by atoms with Gasteiger partial charge in [-0.2, -0.15) is 0 Å². The van der Waals surface area contributed by atoms with Crippen LogP contribution in [0.25, 0.3) is 0 Å². The third-order valence-corrected chi connectivity index (χ3v) is 3.72. The van der Waals surface area contributed by atoms with Crippen LogP contribution in [0.15, 0.2) is 42.5 Å². The number of fused-ring (bicyclic) bond motifs is 1. The van der Waals surface area contributed by atoms with Crippen molar-refractivity contribution in [2.45, 2.75) is 12.5 Å². The van der Waals surface area contributed by atoms with Crippen LogP contribution in [0.5, 0.6) is 11.5 Å². The van der Waals surface area contributed by atoms with Gasteiger partial charge in [-0.3, -0.25) is 0 Å². The number of ether oxygens (including phenoxy) is 2. The van der Waals surface area contributed by atoms with E-state index in [0.717, 1.165) is 29.0 Å². The molecule has 1 heterocycles. The summed E-state index contributed by atoms with van der Waals surface area (Å²) < 4.78 is 11.3. The van der Waals surface area contributed by atoms with Crippen molar-refractivity contribution in [3.8, 4) is 11.5 Å². The van der Waals surface area contributed by atoms with Gasteiger partial charge in [0.25, 0.3) is 0 Å². The molecule has 0 aromatic heterocycles. The molecule has 0 radical (unpaired) electrons. The Kier molecular flexibility index (Phi) is 3.81. The number of nitrogens with two attached hydrogens (primary N) is 1. The van der Waals surface area contributed by atoms with Gasteiger partial charge in [-0.25, -0.2) is 0 Å². The summed E-state index contributed by atoms with van der Waals surface area (Å²) in [7, 11) is 0. The zero-order valence-corrected chi connectivity index (χ0v) is 11.8. The van der Waals surface area contributed by atoms with E-state index in [0.29, 0.717) is 18.2 Å². The van der Waals surface area contributed by atoms with Gasteiger partial charge in [0.2, 0.25) is 0 Å². The fraction of sp³-hybridized carbons (Fsp3) is 0.250. The molecule has 1 aliphatic rings. The molecule has 0 unspecified atom stereocenters. The molecule has 4 heteroatoms. The second-order valence-electron chi connectivity index (χ2n) is 4.76. The topological polar surface area (TPSA) is 44.5 Å². The number of halogens is 1. The molecule has 3 rings (SSSR count). The molecule has 2 aromatic carbocycles. The maximum Gasteiger partial charge on any atom is 0.161 e. The molecule has 1 aliphatic heterocycles. The first-order valence-electron chi connectivity index (χ1n) is 6.65. The minimum Gasteiger partial charge on any atom is -0.490 e. The van der Waals surface area contributed by atoms with Crippen LogP contribution < -0.4 is 15.2 Å². The summed E-state index contributed by atoms with van der Waals surface area (Å²) in [5.74, 6) is 1.53. The van der Waals surface area contributed by atoms with Crippen LogP contribution >= 0.6 is 11.6 Å². The highest BCUT2D eigenvalue weighted by Gasteiger charge is 2.16. The van der Waals surface area contributed by atoms with E-state index in [1.165, 1.54) is 0 Å². The van der Waals surface area contributed by atoms with Crippen molar-refractivity contribution >= 4 is 11.6 Å². The van der Waals surface area contributed by atoms with Crippen molar-refractivity contribution < 1.29 is 9.47 Å². The Bertz CT molecular complexity index is 615. The van der Waals surface area contributed by atoms with Crippen molar-refractivity contribution in [1.82, 2.24) is 0 Å². The predicted molar refractivity (Wildman–Crippen MR) is 79.5 cm³/mol. The van der Waals surface area contributed by atoms with Crippen molar-refractivity contribution in [3.05, 3.63) is 58.6 Å². The highest BCUT2D eigenvalue weighted by Crippen LogP contribution is 2.34. The zero-order valence-electron chi connectivity index (χ0n) is 11.0. The van der Waals surface area contributed by atoms with Crippen molar-refractivity contribution in [2.75, 3.05) is 13.2 Å². The van der Waals surface area contributed by atoms with Crippen LogP contribution in [0.3, 0.4) is 0 Å². The van der Waals surface area contributed by atoms with Crippen LogP contribution in [0.4, 0.5) is 0 Å². The summed E-state index contributed by atoms with van der Waals surface area (Å²) in [4.78, 5) is 0. The van der Waals surface area contributed by atoms with Gasteiger partial charge >= 0.3 is 0 Å². The fourth-order valence-electron chi connectivity index (χ4n) is 2.28. The van der Waals surface area contributed by atoms with Gasteiger partial charge in [0, 0.05) is 11.4 Å². The summed E-state index contributed by atoms with van der Waals surface area (Å²) >= 11 is 6.20. The molecule has 0 aliphatic carbocycles. The first-order valence-corrected chi connectivity index (χ1v) is 7.03. The number of benzene rings is 2. The Balaban J connectivity index is 1.94. The fourth-order valence-corrected chi connectivity index (χ4v) is 2.53. The summed E-state index contributed by atoms with van der Waals surface area (Å²) in [5, 5.41) is 0.673. The van der Waals surface area contributed by atoms with Crippen LogP contribution in [0.1, 0.15) is 23.6 Å². The van der Waals surface area contributed by atoms with Gasteiger partial charge in [0.15, 0.2) is 11.5 Å². The van der Waals surface area contributed by atoms with E-state index in [1.807, 2.05) is 42.5 Å². The Hall–Kier alpha value is -1.71. The third kappa shape index (κ3) is 2.60. The summed E-state index contributed by atoms with van der Waals surface area (Å²) in [6.45, 7) is 1.35. The lowest BCUT2D eigenvalue weighted by atomic mass is 9.99. The third-order valence-electron chi connectivity index (χ3n) is 3.37. The maximum absolute atomic E-state index is 6.31. The summed E-state index contributed by atoms with van der Waals surface area (Å²) in [6, 6.07) is 13.1. The van der Waals surface area contributed by atoms with Gasteiger partial charge in [0.05, 0.1) is 19.3 Å². The minimum absolute atomic E-state index is 0.277. The average molecular weight is 290 g/mol. The van der Waals surface area contributed by atoms with Crippen LogP contribution in [-0.4, -0.2) is 13.2 Å². The Morgan fingerprint density at radius 3 is 2.55 bits per heavy atom. The number of hydrogen-bond acceptors (Lipinski definition) is 3. The van der Waals surface area contributed by atoms with E-state index in [1.54, 1.807) is 0 Å². The van der Waals surface area contributed by atoms with Crippen molar-refractivity contribution in [3.63, 3.8) is 0 Å². The van der Waals surface area contributed by atoms with Gasteiger partial charge in [-0.05, 0) is 29.3 Å². The molecule has 20 heavy (non-hydrogen) atoms. The van der Waals surface area contributed by atoms with Gasteiger partial charge in [-0.1, -0.05) is 35.9 Å². The largest absolute Gasteiger partial charge is 0.490 e. The second-order valence-corrected chi connectivity index (χ2v) is 5.16. The van der Waals surface area contributed by atoms with Crippen LogP contribution in [0.2, 0.25) is 5.02 Å². The molecule has 104 valence electrons. The zero-order chi connectivity index (χ0) is 13.9. The standard InChI is InChI=1S/C16H16ClNO2/c17-13-5-2-1-4-12(13)16(18)11-6-7-14-15(10-11)20-9-3-8-19-14/h1-2,4-7,10,16H,3,8-9,18H2/t16-/m0/s1. The lowest BCUT2D eigenvalue weighted by Crippen LogP contribution is -2.12. The van der Waals surface area contributed by atoms with Crippen molar-refractivity contribution in [1.29, 1.82) is 0 Å². The molecular weight excluding hydrogens is 274 g/mol. The molecule has 3 nitrogen and oxygen atoms in total. The van der Waals surface area contributed by atoms with E-state index in [2.05, 4.69) is 0 Å². The van der Waals surface area contributed by atoms with E-state index < -0.39 is 0 Å². The van der Waals surface area contributed by atoms with Crippen LogP contribution in [-0.2, 0) is 0 Å². The van der Waals surface area contributed by atoms with Gasteiger partial charge < -0.3 is 15.2 Å². The Morgan fingerprint density at radius 1 is 1.00 bits per heavy atom. The van der Waals surface area contributed by atoms with Gasteiger partial charge in [-0.15, -0.1) is 0 Å². The smallest absolute Gasteiger partial charge is 0.161 e. The average Bonchev–Trinajstić information content (AvgIpc) is 2.71. The first-order chi connectivity index (χ1) is 9.75. The van der Waals surface area contributed by atoms with Gasteiger partial charge in [0.1, 0.15) is 0 Å². The Morgan fingerprint density at radius 2 is 1.75 bits per heavy atom. The molecule has 1 atom stereocenters. The number of rotatable bonds is 2. The molecular formula is C16H16ClNO2. The van der Waals surface area contributed by atoms with E-state index in [4.69, 9.17) is 26.8 Å². The highest BCUT2D eigenvalue weighted by molar-refractivity contribution is 6.31. The Labute approximate surface area is 123 Å². The van der Waals surface area contributed by atoms with Crippen molar-refractivity contribution in [2.24, 2.45) is 5.73 Å². The SMILES string of the molecule is N[C@@H](c1ccc2c(c1)OCCCO2)c1ccccc1Cl. The second kappa shape index (κ2) is 5.73. The lowest BCUT2D eigenvalue weighted by Gasteiger charge is -2.16. The van der Waals surface area contributed by atoms with Crippen LogP contribution in [0, 0.1) is 0 Å². The highest BCUT2D eigenvalue weighted by atomic mass is 35.5. The van der Waals surface area contributed by atoms with E-state index >= 15 is 0 Å². The molecule has 2 aromatic rings. The summed E-state index contributed by atoms with van der Waals surface area (Å²) in [6.07, 6.45) is 0.889. The molecule has 0 spiro atoms. The summed E-state index contributed by atoms with van der Waals surface area (Å²) in [5.41, 5.74) is 8.18. The molecule has 0 saturated carbocycles. The lowest BCUT2D eigenvalue weighted by molar-refractivity contribution is 0.297.